The van der Waals surface area contributed by atoms with E-state index in [1.807, 2.05) is 6.92 Å². The Bertz CT molecular complexity index is 1160. The van der Waals surface area contributed by atoms with Crippen molar-refractivity contribution < 1.29 is 22.4 Å². The molecule has 2 aromatic carbocycles. The first-order valence-electron chi connectivity index (χ1n) is 11.4. The average Bonchev–Trinajstić information content (AvgIpc) is 3.35. The molecule has 0 aliphatic carbocycles. The summed E-state index contributed by atoms with van der Waals surface area (Å²) in [5.41, 5.74) is 2.92. The van der Waals surface area contributed by atoms with Gasteiger partial charge < -0.3 is 19.5 Å². The molecule has 1 aromatic heterocycles. The van der Waals surface area contributed by atoms with E-state index < -0.39 is 17.7 Å². The maximum atomic E-state index is 13.4. The number of rotatable bonds is 4. The number of amides is 1. The van der Waals surface area contributed by atoms with Crippen LogP contribution >= 0.6 is 0 Å². The summed E-state index contributed by atoms with van der Waals surface area (Å²) in [7, 11) is 0. The smallest absolute Gasteiger partial charge is 0.416 e. The van der Waals surface area contributed by atoms with E-state index >= 15 is 0 Å². The molecule has 3 heterocycles. The summed E-state index contributed by atoms with van der Waals surface area (Å²) < 4.78 is 45.5. The molecule has 5 nitrogen and oxygen atoms in total. The number of nitrogens with one attached hydrogen (secondary N) is 1. The van der Waals surface area contributed by atoms with Gasteiger partial charge in [0, 0.05) is 31.0 Å². The highest BCUT2D eigenvalue weighted by Crippen LogP contribution is 2.40. The predicted octanol–water partition coefficient (Wildman–Crippen LogP) is 4.79. The van der Waals surface area contributed by atoms with Crippen LogP contribution in [0.4, 0.5) is 24.5 Å². The number of aryl methyl sites for hydroxylation is 1. The number of fused-ring (bicyclic) bond motifs is 3. The minimum atomic E-state index is -4.42. The van der Waals surface area contributed by atoms with Crippen LogP contribution in [-0.4, -0.2) is 31.6 Å². The monoisotopic (exact) mass is 469 g/mol. The molecule has 0 unspecified atom stereocenters. The molecule has 1 N–H and O–H groups in total. The van der Waals surface area contributed by atoms with Gasteiger partial charge in [-0.3, -0.25) is 4.79 Å². The van der Waals surface area contributed by atoms with Gasteiger partial charge in [-0.15, -0.1) is 0 Å². The summed E-state index contributed by atoms with van der Waals surface area (Å²) in [5.74, 6) is -0.0369. The fourth-order valence-corrected chi connectivity index (χ4v) is 5.01. The molecule has 1 saturated heterocycles. The normalized spacial score (nSPS) is 20.0. The largest absolute Gasteiger partial charge is 0.467 e. The molecule has 1 fully saturated rings. The number of anilines is 2. The van der Waals surface area contributed by atoms with Crippen molar-refractivity contribution in [1.82, 2.24) is 5.32 Å². The van der Waals surface area contributed by atoms with Crippen molar-refractivity contribution in [3.8, 4) is 0 Å². The SMILES string of the molecule is Cc1ccc(N2CCN3c4ccc(C(F)(F)F)cc4C[C@H](C(=O)NCc4ccco4)[C@@H]3C2)cc1. The van der Waals surface area contributed by atoms with Gasteiger partial charge >= 0.3 is 6.18 Å². The number of nitrogens with zero attached hydrogens (tertiary/aromatic N) is 2. The number of hydrogen-bond acceptors (Lipinski definition) is 4. The molecular weight excluding hydrogens is 443 g/mol. The third-order valence-corrected chi connectivity index (χ3v) is 6.79. The van der Waals surface area contributed by atoms with Crippen LogP contribution in [-0.2, 0) is 23.9 Å². The van der Waals surface area contributed by atoms with E-state index in [-0.39, 0.29) is 24.9 Å². The number of carbonyl (C=O) groups excluding carboxylic acids is 1. The Labute approximate surface area is 196 Å². The number of alkyl halides is 3. The van der Waals surface area contributed by atoms with E-state index in [0.29, 0.717) is 24.4 Å². The molecule has 5 rings (SSSR count). The second kappa shape index (κ2) is 8.74. The molecule has 34 heavy (non-hydrogen) atoms. The highest BCUT2D eigenvalue weighted by Gasteiger charge is 2.42. The number of carbonyl (C=O) groups is 1. The second-order valence-electron chi connectivity index (χ2n) is 8.99. The van der Waals surface area contributed by atoms with Crippen molar-refractivity contribution in [2.75, 3.05) is 29.4 Å². The Balaban J connectivity index is 1.45. The number of benzene rings is 2. The first kappa shape index (κ1) is 22.4. The van der Waals surface area contributed by atoms with E-state index in [0.717, 1.165) is 24.0 Å². The summed E-state index contributed by atoms with van der Waals surface area (Å²) in [6.45, 7) is 4.24. The van der Waals surface area contributed by atoms with Crippen molar-refractivity contribution in [3.63, 3.8) is 0 Å². The van der Waals surface area contributed by atoms with Crippen molar-refractivity contribution in [2.45, 2.75) is 32.1 Å². The predicted molar refractivity (Wildman–Crippen MR) is 124 cm³/mol. The highest BCUT2D eigenvalue weighted by atomic mass is 19.4. The van der Waals surface area contributed by atoms with Crippen molar-refractivity contribution >= 4 is 17.3 Å². The average molecular weight is 470 g/mol. The topological polar surface area (TPSA) is 48.7 Å². The number of piperazine rings is 1. The third kappa shape index (κ3) is 4.36. The Morgan fingerprint density at radius 2 is 1.91 bits per heavy atom. The molecule has 2 aliphatic rings. The van der Waals surface area contributed by atoms with Crippen LogP contribution in [0, 0.1) is 12.8 Å². The molecule has 0 bridgehead atoms. The molecule has 0 saturated carbocycles. The lowest BCUT2D eigenvalue weighted by molar-refractivity contribution is -0.137. The summed E-state index contributed by atoms with van der Waals surface area (Å²) in [6, 6.07) is 15.5. The molecule has 1 amide bonds. The molecule has 0 spiro atoms. The van der Waals surface area contributed by atoms with Crippen molar-refractivity contribution in [1.29, 1.82) is 0 Å². The maximum Gasteiger partial charge on any atom is 0.416 e. The molecule has 2 atom stereocenters. The Morgan fingerprint density at radius 1 is 1.12 bits per heavy atom. The molecule has 178 valence electrons. The standard InChI is InChI=1S/C26H26F3N3O2/c1-17-4-7-20(8-5-17)31-10-11-32-23-9-6-19(26(27,28)29)13-18(23)14-22(24(32)16-31)25(33)30-15-21-3-2-12-34-21/h2-9,12-13,22,24H,10-11,14-16H2,1H3,(H,30,33)/t22-,24-/m0/s1. The van der Waals surface area contributed by atoms with Crippen molar-refractivity contribution in [3.05, 3.63) is 83.3 Å². The first-order chi connectivity index (χ1) is 16.3. The first-order valence-corrected chi connectivity index (χ1v) is 11.4. The minimum absolute atomic E-state index is 0.157. The number of hydrogen-bond donors (Lipinski definition) is 1. The molecule has 3 aromatic rings. The molecular formula is C26H26F3N3O2. The van der Waals surface area contributed by atoms with Gasteiger partial charge in [0.05, 0.1) is 30.3 Å². The molecule has 0 radical (unpaired) electrons. The number of furan rings is 1. The Kier molecular flexibility index (Phi) is 5.75. The van der Waals surface area contributed by atoms with Crippen LogP contribution in [0.1, 0.15) is 22.5 Å². The maximum absolute atomic E-state index is 13.4. The van der Waals surface area contributed by atoms with Gasteiger partial charge in [-0.25, -0.2) is 0 Å². The summed E-state index contributed by atoms with van der Waals surface area (Å²) in [4.78, 5) is 17.7. The van der Waals surface area contributed by atoms with E-state index in [9.17, 15) is 18.0 Å². The summed E-state index contributed by atoms with van der Waals surface area (Å²) in [6.07, 6.45) is -2.63. The zero-order valence-corrected chi connectivity index (χ0v) is 18.8. The van der Waals surface area contributed by atoms with E-state index in [2.05, 4.69) is 39.4 Å². The van der Waals surface area contributed by atoms with Crippen LogP contribution in [0.25, 0.3) is 0 Å². The van der Waals surface area contributed by atoms with Crippen molar-refractivity contribution in [2.24, 2.45) is 5.92 Å². The van der Waals surface area contributed by atoms with E-state index in [1.165, 1.54) is 11.6 Å². The molecule has 2 aliphatic heterocycles. The zero-order valence-electron chi connectivity index (χ0n) is 18.8. The van der Waals surface area contributed by atoms with Gasteiger partial charge in [0.15, 0.2) is 0 Å². The lowest BCUT2D eigenvalue weighted by atomic mass is 9.82. The fourth-order valence-electron chi connectivity index (χ4n) is 5.01. The van der Waals surface area contributed by atoms with Crippen LogP contribution in [0.15, 0.2) is 65.3 Å². The van der Waals surface area contributed by atoms with Crippen LogP contribution in [0.2, 0.25) is 0 Å². The highest BCUT2D eigenvalue weighted by molar-refractivity contribution is 5.82. The quantitative estimate of drug-likeness (QED) is 0.597. The molecule has 8 heteroatoms. The third-order valence-electron chi connectivity index (χ3n) is 6.79. The van der Waals surface area contributed by atoms with Gasteiger partial charge in [-0.05, 0) is 61.4 Å². The Morgan fingerprint density at radius 3 is 2.62 bits per heavy atom. The lowest BCUT2D eigenvalue weighted by Crippen LogP contribution is -2.61. The van der Waals surface area contributed by atoms with E-state index in [4.69, 9.17) is 4.42 Å². The van der Waals surface area contributed by atoms with Gasteiger partial charge in [0.2, 0.25) is 5.91 Å². The van der Waals surface area contributed by atoms with E-state index in [1.54, 1.807) is 24.5 Å². The van der Waals surface area contributed by atoms with Gasteiger partial charge in [0.1, 0.15) is 5.76 Å². The van der Waals surface area contributed by atoms with Crippen LogP contribution in [0.3, 0.4) is 0 Å². The summed E-state index contributed by atoms with van der Waals surface area (Å²) in [5, 5.41) is 2.93. The minimum Gasteiger partial charge on any atom is -0.467 e. The number of halogens is 3. The fraction of sp³-hybridized carbons (Fsp3) is 0.346. The lowest BCUT2D eigenvalue weighted by Gasteiger charge is -2.49. The Hall–Kier alpha value is -3.42. The van der Waals surface area contributed by atoms with Gasteiger partial charge in [0.25, 0.3) is 0 Å². The second-order valence-corrected chi connectivity index (χ2v) is 8.99. The summed E-state index contributed by atoms with van der Waals surface area (Å²) >= 11 is 0. The zero-order chi connectivity index (χ0) is 23.9. The van der Waals surface area contributed by atoms with Crippen LogP contribution < -0.4 is 15.1 Å². The van der Waals surface area contributed by atoms with Gasteiger partial charge in [-0.1, -0.05) is 17.7 Å². The van der Waals surface area contributed by atoms with Gasteiger partial charge in [-0.2, -0.15) is 13.2 Å². The van der Waals surface area contributed by atoms with Crippen LogP contribution in [0.5, 0.6) is 0 Å².